The molecular weight excluding hydrogens is 282 g/mol. The highest BCUT2D eigenvalue weighted by Crippen LogP contribution is 2.37. The summed E-state index contributed by atoms with van der Waals surface area (Å²) in [5.41, 5.74) is 0. The summed E-state index contributed by atoms with van der Waals surface area (Å²) in [5.74, 6) is 0.960. The quantitative estimate of drug-likeness (QED) is 0.736. The van der Waals surface area contributed by atoms with Crippen LogP contribution in [0.3, 0.4) is 0 Å². The number of hydrogen-bond donors (Lipinski definition) is 1. The summed E-state index contributed by atoms with van der Waals surface area (Å²) in [5, 5.41) is 2.88. The zero-order valence-electron chi connectivity index (χ0n) is 13.8. The fourth-order valence-electron chi connectivity index (χ4n) is 2.93. The molecule has 6 heteroatoms. The van der Waals surface area contributed by atoms with Crippen molar-refractivity contribution in [3.63, 3.8) is 0 Å². The van der Waals surface area contributed by atoms with Gasteiger partial charge in [0.25, 0.3) is 0 Å². The molecule has 2 fully saturated rings. The van der Waals surface area contributed by atoms with E-state index in [4.69, 9.17) is 4.74 Å². The minimum absolute atomic E-state index is 0.113. The third-order valence-electron chi connectivity index (χ3n) is 4.64. The smallest absolute Gasteiger partial charge is 0.224 e. The van der Waals surface area contributed by atoms with Crippen LogP contribution in [0.2, 0.25) is 0 Å². The van der Waals surface area contributed by atoms with Gasteiger partial charge in [0.15, 0.2) is 0 Å². The number of nitrogens with zero attached hydrogens (tertiary/aromatic N) is 2. The second-order valence-corrected chi connectivity index (χ2v) is 6.43. The maximum atomic E-state index is 12.2. The minimum atomic E-state index is 0.113. The number of methoxy groups -OCH3 is 1. The van der Waals surface area contributed by atoms with Crippen LogP contribution in [0.1, 0.15) is 26.2 Å². The Hall–Kier alpha value is -1.14. The van der Waals surface area contributed by atoms with Crippen LogP contribution in [-0.4, -0.2) is 74.6 Å². The number of carbonyl (C=O) groups excluding carboxylic acids is 2. The van der Waals surface area contributed by atoms with Crippen molar-refractivity contribution >= 4 is 11.8 Å². The highest BCUT2D eigenvalue weighted by Gasteiger charge is 2.38. The third kappa shape index (κ3) is 5.25. The lowest BCUT2D eigenvalue weighted by Gasteiger charge is -2.22. The van der Waals surface area contributed by atoms with Crippen LogP contribution in [0.15, 0.2) is 0 Å². The molecule has 0 aromatic carbocycles. The molecule has 1 saturated carbocycles. The van der Waals surface area contributed by atoms with E-state index in [9.17, 15) is 9.59 Å². The lowest BCUT2D eigenvalue weighted by molar-refractivity contribution is -0.131. The predicted molar refractivity (Wildman–Crippen MR) is 84.4 cm³/mol. The van der Waals surface area contributed by atoms with Gasteiger partial charge in [0.2, 0.25) is 11.8 Å². The second kappa shape index (κ2) is 8.48. The monoisotopic (exact) mass is 311 g/mol. The second-order valence-electron chi connectivity index (χ2n) is 6.43. The van der Waals surface area contributed by atoms with Crippen molar-refractivity contribution in [1.29, 1.82) is 0 Å². The van der Waals surface area contributed by atoms with Crippen molar-refractivity contribution in [1.82, 2.24) is 15.1 Å². The summed E-state index contributed by atoms with van der Waals surface area (Å²) in [4.78, 5) is 28.2. The number of amides is 2. The number of rotatable bonds is 7. The van der Waals surface area contributed by atoms with Gasteiger partial charge in [-0.15, -0.1) is 0 Å². The van der Waals surface area contributed by atoms with Crippen LogP contribution >= 0.6 is 0 Å². The topological polar surface area (TPSA) is 61.9 Å². The first-order valence-corrected chi connectivity index (χ1v) is 8.38. The van der Waals surface area contributed by atoms with Gasteiger partial charge in [0.1, 0.15) is 0 Å². The Balaban J connectivity index is 1.63. The molecule has 2 rings (SSSR count). The summed E-state index contributed by atoms with van der Waals surface area (Å²) in [6.45, 7) is 7.72. The van der Waals surface area contributed by atoms with E-state index in [-0.39, 0.29) is 17.7 Å². The molecule has 1 saturated heterocycles. The lowest BCUT2D eigenvalue weighted by Crippen LogP contribution is -2.38. The average Bonchev–Trinajstić information content (AvgIpc) is 3.27. The van der Waals surface area contributed by atoms with Crippen molar-refractivity contribution in [2.75, 3.05) is 53.0 Å². The maximum Gasteiger partial charge on any atom is 0.224 e. The Labute approximate surface area is 133 Å². The molecule has 2 unspecified atom stereocenters. The summed E-state index contributed by atoms with van der Waals surface area (Å²) >= 11 is 0. The highest BCUT2D eigenvalue weighted by atomic mass is 16.5. The fourth-order valence-corrected chi connectivity index (χ4v) is 2.93. The highest BCUT2D eigenvalue weighted by molar-refractivity contribution is 5.82. The summed E-state index contributed by atoms with van der Waals surface area (Å²) < 4.78 is 5.10. The molecule has 0 radical (unpaired) electrons. The van der Waals surface area contributed by atoms with E-state index in [0.29, 0.717) is 18.9 Å². The number of carbonyl (C=O) groups is 2. The van der Waals surface area contributed by atoms with Crippen molar-refractivity contribution < 1.29 is 14.3 Å². The van der Waals surface area contributed by atoms with Crippen LogP contribution < -0.4 is 5.32 Å². The molecule has 0 bridgehead atoms. The summed E-state index contributed by atoms with van der Waals surface area (Å²) in [6.07, 6.45) is 2.40. The Morgan fingerprint density at radius 1 is 1.23 bits per heavy atom. The molecule has 126 valence electrons. The molecule has 2 amide bonds. The molecular formula is C16H29N3O3. The predicted octanol–water partition coefficient (Wildman–Crippen LogP) is 0.329. The van der Waals surface area contributed by atoms with Gasteiger partial charge in [-0.05, 0) is 25.3 Å². The van der Waals surface area contributed by atoms with E-state index in [1.54, 1.807) is 7.11 Å². The van der Waals surface area contributed by atoms with Crippen molar-refractivity contribution in [3.05, 3.63) is 0 Å². The van der Waals surface area contributed by atoms with Crippen LogP contribution in [0.25, 0.3) is 0 Å². The molecule has 0 aromatic heterocycles. The van der Waals surface area contributed by atoms with Gasteiger partial charge in [-0.3, -0.25) is 14.5 Å². The van der Waals surface area contributed by atoms with Gasteiger partial charge in [0.05, 0.1) is 6.61 Å². The van der Waals surface area contributed by atoms with Crippen molar-refractivity contribution in [2.45, 2.75) is 26.2 Å². The van der Waals surface area contributed by atoms with E-state index < -0.39 is 0 Å². The van der Waals surface area contributed by atoms with Crippen LogP contribution in [0, 0.1) is 11.8 Å². The minimum Gasteiger partial charge on any atom is -0.383 e. The number of nitrogens with one attached hydrogen (secondary N) is 1. The molecule has 0 aromatic rings. The molecule has 2 atom stereocenters. The Bertz CT molecular complexity index is 389. The van der Waals surface area contributed by atoms with Crippen molar-refractivity contribution in [2.24, 2.45) is 11.8 Å². The van der Waals surface area contributed by atoms with E-state index in [2.05, 4.69) is 17.1 Å². The molecule has 22 heavy (non-hydrogen) atoms. The van der Waals surface area contributed by atoms with Gasteiger partial charge < -0.3 is 15.0 Å². The normalized spacial score (nSPS) is 25.6. The molecule has 1 aliphatic carbocycles. The molecule has 1 N–H and O–H groups in total. The lowest BCUT2D eigenvalue weighted by atomic mass is 10.3. The van der Waals surface area contributed by atoms with Crippen molar-refractivity contribution in [3.8, 4) is 0 Å². The Morgan fingerprint density at radius 3 is 2.68 bits per heavy atom. The fraction of sp³-hybridized carbons (Fsp3) is 0.875. The first-order valence-electron chi connectivity index (χ1n) is 8.38. The summed E-state index contributed by atoms with van der Waals surface area (Å²) in [6, 6.07) is 0. The first kappa shape index (κ1) is 17.2. The molecule has 6 nitrogen and oxygen atoms in total. The van der Waals surface area contributed by atoms with Gasteiger partial charge in [-0.25, -0.2) is 0 Å². The molecule has 2 aliphatic rings. The summed E-state index contributed by atoms with van der Waals surface area (Å²) in [7, 11) is 1.71. The third-order valence-corrected chi connectivity index (χ3v) is 4.64. The molecule has 1 aliphatic heterocycles. The first-order chi connectivity index (χ1) is 10.6. The zero-order valence-corrected chi connectivity index (χ0v) is 13.8. The largest absolute Gasteiger partial charge is 0.383 e. The van der Waals surface area contributed by atoms with E-state index >= 15 is 0 Å². The van der Waals surface area contributed by atoms with Gasteiger partial charge in [0, 0.05) is 52.2 Å². The van der Waals surface area contributed by atoms with E-state index in [1.165, 1.54) is 0 Å². The van der Waals surface area contributed by atoms with Crippen LogP contribution in [0.4, 0.5) is 0 Å². The molecule has 0 spiro atoms. The Kier molecular flexibility index (Phi) is 6.64. The van der Waals surface area contributed by atoms with E-state index in [0.717, 1.165) is 52.2 Å². The van der Waals surface area contributed by atoms with Gasteiger partial charge in [-0.2, -0.15) is 0 Å². The Morgan fingerprint density at radius 2 is 2.00 bits per heavy atom. The molecule has 1 heterocycles. The number of hydrogen-bond acceptors (Lipinski definition) is 4. The zero-order chi connectivity index (χ0) is 15.9. The van der Waals surface area contributed by atoms with Gasteiger partial charge >= 0.3 is 0 Å². The SMILES string of the molecule is COCCN1CCCN(C(=O)CCNC(=O)C2CC2C)CC1. The maximum absolute atomic E-state index is 12.2. The van der Waals surface area contributed by atoms with Gasteiger partial charge in [-0.1, -0.05) is 6.92 Å². The van der Waals surface area contributed by atoms with Crippen LogP contribution in [-0.2, 0) is 14.3 Å². The standard InChI is InChI=1S/C16H29N3O3/c1-13-12-14(13)16(21)17-5-4-15(20)19-7-3-6-18(8-9-19)10-11-22-2/h13-14H,3-12H2,1-2H3,(H,17,21). The average molecular weight is 311 g/mol. The van der Waals surface area contributed by atoms with Crippen LogP contribution in [0.5, 0.6) is 0 Å². The van der Waals surface area contributed by atoms with E-state index in [1.807, 2.05) is 4.90 Å². The number of ether oxygens (including phenoxy) is 1.